The normalized spacial score (nSPS) is 10.3. The third-order valence-corrected chi connectivity index (χ3v) is 4.63. The van der Waals surface area contributed by atoms with Gasteiger partial charge < -0.3 is 4.74 Å². The number of anilines is 1. The molecule has 0 aromatic heterocycles. The Morgan fingerprint density at radius 3 is 1.81 bits per heavy atom. The number of ether oxygens (including phenoxy) is 1. The molecule has 1 amide bonds. The number of rotatable bonds is 2. The summed E-state index contributed by atoms with van der Waals surface area (Å²) >= 11 is 29.5. The molecule has 0 heterocycles. The molecule has 0 fully saturated rings. The van der Waals surface area contributed by atoms with Gasteiger partial charge in [0.05, 0.1) is 15.1 Å². The number of para-hydroxylation sites is 1. The number of benzene rings is 2. The summed E-state index contributed by atoms with van der Waals surface area (Å²) in [6.07, 6.45) is -0.792. The number of halogens is 5. The van der Waals surface area contributed by atoms with Gasteiger partial charge >= 0.3 is 6.09 Å². The number of hydrogen-bond acceptors (Lipinski definition) is 2. The molecule has 2 aromatic carbocycles. The van der Waals surface area contributed by atoms with E-state index in [-0.39, 0.29) is 30.9 Å². The van der Waals surface area contributed by atoms with Gasteiger partial charge in [0.2, 0.25) is 0 Å². The summed E-state index contributed by atoms with van der Waals surface area (Å²) in [5.41, 5.74) is 0.543. The van der Waals surface area contributed by atoms with Gasteiger partial charge in [-0.2, -0.15) is 0 Å². The van der Waals surface area contributed by atoms with Crippen molar-refractivity contribution >= 4 is 69.8 Å². The Bertz CT molecular complexity index is 662. The van der Waals surface area contributed by atoms with E-state index >= 15 is 0 Å². The molecule has 0 aliphatic carbocycles. The number of amides is 1. The van der Waals surface area contributed by atoms with Gasteiger partial charge in [0, 0.05) is 5.69 Å². The summed E-state index contributed by atoms with van der Waals surface area (Å²) in [5, 5.41) is 2.20. The first kappa shape index (κ1) is 16.5. The summed E-state index contributed by atoms with van der Waals surface area (Å²) in [6.45, 7) is 0. The van der Waals surface area contributed by atoms with Crippen LogP contribution in [-0.2, 0) is 0 Å². The van der Waals surface area contributed by atoms with Gasteiger partial charge in [-0.15, -0.1) is 0 Å². The lowest BCUT2D eigenvalue weighted by atomic mass is 10.3. The summed E-state index contributed by atoms with van der Waals surface area (Å²) in [6, 6.07) is 8.69. The first-order valence-corrected chi connectivity index (χ1v) is 7.36. The monoisotopic (exact) mass is 383 g/mol. The highest BCUT2D eigenvalue weighted by Crippen LogP contribution is 2.48. The van der Waals surface area contributed by atoms with Crippen molar-refractivity contribution in [2.24, 2.45) is 0 Å². The molecule has 0 radical (unpaired) electrons. The minimum absolute atomic E-state index is 0.0100. The van der Waals surface area contributed by atoms with Crippen LogP contribution in [0.3, 0.4) is 0 Å². The third-order valence-electron chi connectivity index (χ3n) is 2.38. The van der Waals surface area contributed by atoms with Crippen LogP contribution in [0.25, 0.3) is 0 Å². The molecular weight excluding hydrogens is 379 g/mol. The molecule has 3 nitrogen and oxygen atoms in total. The van der Waals surface area contributed by atoms with Crippen molar-refractivity contribution in [2.45, 2.75) is 0 Å². The second kappa shape index (κ2) is 6.95. The van der Waals surface area contributed by atoms with Gasteiger partial charge in [0.25, 0.3) is 0 Å². The molecule has 0 atom stereocenters. The minimum atomic E-state index is -0.792. The molecule has 0 aliphatic heterocycles. The average molecular weight is 385 g/mol. The number of hydrogen-bond donors (Lipinski definition) is 1. The molecule has 110 valence electrons. The average Bonchev–Trinajstić information content (AvgIpc) is 2.48. The second-order valence-electron chi connectivity index (χ2n) is 3.78. The van der Waals surface area contributed by atoms with Gasteiger partial charge in [-0.05, 0) is 12.1 Å². The molecule has 8 heteroatoms. The maximum absolute atomic E-state index is 11.8. The van der Waals surface area contributed by atoms with E-state index in [1.165, 1.54) is 0 Å². The highest BCUT2D eigenvalue weighted by molar-refractivity contribution is 6.55. The summed E-state index contributed by atoms with van der Waals surface area (Å²) in [7, 11) is 0. The van der Waals surface area contributed by atoms with E-state index in [2.05, 4.69) is 5.32 Å². The quantitative estimate of drug-likeness (QED) is 0.469. The molecule has 2 rings (SSSR count). The maximum Gasteiger partial charge on any atom is 0.417 e. The largest absolute Gasteiger partial charge is 0.417 e. The fourth-order valence-corrected chi connectivity index (χ4v) is 2.63. The molecule has 0 saturated carbocycles. The van der Waals surface area contributed by atoms with Crippen LogP contribution in [0.4, 0.5) is 10.5 Å². The van der Waals surface area contributed by atoms with Crippen molar-refractivity contribution < 1.29 is 9.53 Å². The van der Waals surface area contributed by atoms with Crippen molar-refractivity contribution in [3.05, 3.63) is 55.4 Å². The lowest BCUT2D eigenvalue weighted by molar-refractivity contribution is 0.215. The number of carbonyl (C=O) groups is 1. The van der Waals surface area contributed by atoms with Crippen LogP contribution in [0.1, 0.15) is 0 Å². The van der Waals surface area contributed by atoms with Crippen molar-refractivity contribution in [3.63, 3.8) is 0 Å². The van der Waals surface area contributed by atoms with Gasteiger partial charge in [-0.1, -0.05) is 76.2 Å². The molecule has 0 bridgehead atoms. The Morgan fingerprint density at radius 2 is 1.29 bits per heavy atom. The Kier molecular flexibility index (Phi) is 5.47. The fraction of sp³-hybridized carbons (Fsp3) is 0. The van der Waals surface area contributed by atoms with E-state index in [4.69, 9.17) is 62.7 Å². The Hall–Kier alpha value is -0.840. The van der Waals surface area contributed by atoms with Gasteiger partial charge in [-0.3, -0.25) is 5.32 Å². The van der Waals surface area contributed by atoms with Crippen molar-refractivity contribution in [3.8, 4) is 5.75 Å². The molecule has 0 aliphatic rings. The molecule has 0 unspecified atom stereocenters. The molecule has 21 heavy (non-hydrogen) atoms. The van der Waals surface area contributed by atoms with Crippen LogP contribution < -0.4 is 10.1 Å². The second-order valence-corrected chi connectivity index (χ2v) is 5.67. The molecule has 0 saturated heterocycles. The minimum Gasteiger partial charge on any atom is -0.407 e. The van der Waals surface area contributed by atoms with Crippen molar-refractivity contribution in [2.75, 3.05) is 5.32 Å². The smallest absolute Gasteiger partial charge is 0.407 e. The first-order chi connectivity index (χ1) is 9.91. The van der Waals surface area contributed by atoms with Crippen molar-refractivity contribution in [1.29, 1.82) is 0 Å². The zero-order chi connectivity index (χ0) is 15.6. The molecule has 0 spiro atoms. The molecule has 2 aromatic rings. The van der Waals surface area contributed by atoms with Crippen LogP contribution in [0.15, 0.2) is 30.3 Å². The van der Waals surface area contributed by atoms with Gasteiger partial charge in [0.1, 0.15) is 10.0 Å². The third kappa shape index (κ3) is 3.68. The van der Waals surface area contributed by atoms with E-state index < -0.39 is 6.09 Å². The van der Waals surface area contributed by atoms with E-state index in [9.17, 15) is 4.79 Å². The zero-order valence-electron chi connectivity index (χ0n) is 10.1. The highest BCUT2D eigenvalue weighted by atomic mass is 35.5. The lowest BCUT2D eigenvalue weighted by Crippen LogP contribution is -2.17. The standard InChI is InChI=1S/C13H6Cl5NO2/c14-7-8(15)10(17)12(11(18)9(7)16)21-13(20)19-6-4-2-1-3-5-6/h1-5H,(H,19,20). The summed E-state index contributed by atoms with van der Waals surface area (Å²) < 4.78 is 5.06. The summed E-state index contributed by atoms with van der Waals surface area (Å²) in [4.78, 5) is 11.8. The van der Waals surface area contributed by atoms with Crippen LogP contribution in [0.5, 0.6) is 5.75 Å². The SMILES string of the molecule is O=C(Nc1ccccc1)Oc1c(Cl)c(Cl)c(Cl)c(Cl)c1Cl. The van der Waals surface area contributed by atoms with Crippen LogP contribution >= 0.6 is 58.0 Å². The fourth-order valence-electron chi connectivity index (χ4n) is 1.43. The van der Waals surface area contributed by atoms with Crippen molar-refractivity contribution in [1.82, 2.24) is 0 Å². The topological polar surface area (TPSA) is 38.3 Å². The zero-order valence-corrected chi connectivity index (χ0v) is 13.9. The lowest BCUT2D eigenvalue weighted by Gasteiger charge is -2.12. The summed E-state index contributed by atoms with van der Waals surface area (Å²) in [5.74, 6) is -0.161. The van der Waals surface area contributed by atoms with E-state index in [1.54, 1.807) is 24.3 Å². The van der Waals surface area contributed by atoms with E-state index in [1.807, 2.05) is 6.07 Å². The van der Waals surface area contributed by atoms with Crippen LogP contribution in [0.2, 0.25) is 25.1 Å². The Morgan fingerprint density at radius 1 is 0.810 bits per heavy atom. The Labute approximate surface area is 145 Å². The number of carbonyl (C=O) groups excluding carboxylic acids is 1. The first-order valence-electron chi connectivity index (χ1n) is 5.47. The number of nitrogens with one attached hydrogen (secondary N) is 1. The van der Waals surface area contributed by atoms with E-state index in [0.717, 1.165) is 0 Å². The Balaban J connectivity index is 2.26. The van der Waals surface area contributed by atoms with Crippen LogP contribution in [0, 0.1) is 0 Å². The van der Waals surface area contributed by atoms with Crippen LogP contribution in [-0.4, -0.2) is 6.09 Å². The van der Waals surface area contributed by atoms with Gasteiger partial charge in [0.15, 0.2) is 5.75 Å². The molecule has 1 N–H and O–H groups in total. The van der Waals surface area contributed by atoms with E-state index in [0.29, 0.717) is 5.69 Å². The maximum atomic E-state index is 11.8. The van der Waals surface area contributed by atoms with Gasteiger partial charge in [-0.25, -0.2) is 4.79 Å². The predicted octanol–water partition coefficient (Wildman–Crippen LogP) is 6.56. The molecular formula is C13H6Cl5NO2. The highest BCUT2D eigenvalue weighted by Gasteiger charge is 2.22. The predicted molar refractivity (Wildman–Crippen MR) is 87.6 cm³/mol.